The zero-order valence-electron chi connectivity index (χ0n) is 50.8. The Hall–Kier alpha value is -10.4. The Morgan fingerprint density at radius 2 is 0.538 bits per heavy atom. The van der Waals surface area contributed by atoms with Crippen molar-refractivity contribution in [2.24, 2.45) is 0 Å². The summed E-state index contributed by atoms with van der Waals surface area (Å²) in [6, 6.07) is 107. The zero-order valence-corrected chi connectivity index (χ0v) is 52.4. The van der Waals surface area contributed by atoms with Gasteiger partial charge in [-0.2, -0.15) is 0 Å². The van der Waals surface area contributed by atoms with Gasteiger partial charge in [-0.25, -0.2) is 0 Å². The molecule has 16 aromatic rings. The molecule has 1 spiro atoms. The molecular formula is C87H58N2S2. The average Bonchev–Trinajstić information content (AvgIpc) is 1.51. The van der Waals surface area contributed by atoms with Crippen molar-refractivity contribution in [2.75, 3.05) is 0 Å². The highest BCUT2D eigenvalue weighted by Crippen LogP contribution is 2.64. The van der Waals surface area contributed by atoms with Crippen LogP contribution in [0.3, 0.4) is 0 Å². The van der Waals surface area contributed by atoms with Gasteiger partial charge in [-0.3, -0.25) is 0 Å². The topological polar surface area (TPSA) is 9.86 Å². The van der Waals surface area contributed by atoms with Crippen LogP contribution < -0.4 is 0 Å². The average molecular weight is 1200 g/mol. The van der Waals surface area contributed by atoms with Crippen LogP contribution in [0.4, 0.5) is 0 Å². The quantitative estimate of drug-likeness (QED) is 0.157. The molecule has 4 aromatic heterocycles. The molecule has 4 aliphatic rings. The molecule has 0 N–H and O–H groups in total. The number of fused-ring (bicyclic) bond motifs is 22. The van der Waals surface area contributed by atoms with Gasteiger partial charge >= 0.3 is 0 Å². The highest BCUT2D eigenvalue weighted by Gasteiger charge is 2.52. The fourth-order valence-corrected chi connectivity index (χ4v) is 19.2. The van der Waals surface area contributed by atoms with E-state index in [1.54, 1.807) is 0 Å². The van der Waals surface area contributed by atoms with E-state index in [4.69, 9.17) is 0 Å². The summed E-state index contributed by atoms with van der Waals surface area (Å²) in [7, 11) is 0. The lowest BCUT2D eigenvalue weighted by Crippen LogP contribution is -2.26. The first-order valence-electron chi connectivity index (χ1n) is 31.9. The monoisotopic (exact) mass is 1190 g/mol. The minimum absolute atomic E-state index is 0.0818. The van der Waals surface area contributed by atoms with Gasteiger partial charge in [0.05, 0.1) is 27.5 Å². The molecule has 0 fully saturated rings. The van der Waals surface area contributed by atoms with Crippen LogP contribution in [0.15, 0.2) is 279 Å². The molecule has 0 saturated carbocycles. The number of rotatable bonds is 6. The number of nitrogens with zero attached hydrogens (tertiary/aromatic N) is 2. The summed E-state index contributed by atoms with van der Waals surface area (Å²) in [5.41, 5.74) is 33.2. The van der Waals surface area contributed by atoms with Crippen LogP contribution in [0.25, 0.3) is 141 Å². The van der Waals surface area contributed by atoms with E-state index in [1.807, 2.05) is 22.7 Å². The Balaban J connectivity index is 0.664. The molecule has 0 unspecified atom stereocenters. The van der Waals surface area contributed by atoms with E-state index in [-0.39, 0.29) is 10.8 Å². The molecule has 4 aliphatic carbocycles. The summed E-state index contributed by atoms with van der Waals surface area (Å²) in [6.07, 6.45) is 0. The minimum Gasteiger partial charge on any atom is -0.309 e. The molecule has 0 amide bonds. The van der Waals surface area contributed by atoms with Gasteiger partial charge in [-0.1, -0.05) is 210 Å². The zero-order chi connectivity index (χ0) is 60.2. The van der Waals surface area contributed by atoms with Gasteiger partial charge in [-0.05, 0) is 208 Å². The largest absolute Gasteiger partial charge is 0.309 e. The third-order valence-corrected chi connectivity index (χ3v) is 23.8. The molecule has 12 aromatic carbocycles. The summed E-state index contributed by atoms with van der Waals surface area (Å²) in [5, 5.41) is 5.07. The highest BCUT2D eigenvalue weighted by atomic mass is 32.1. The molecule has 91 heavy (non-hydrogen) atoms. The lowest BCUT2D eigenvalue weighted by Gasteiger charge is -2.31. The summed E-state index contributed by atoms with van der Waals surface area (Å²) in [6.45, 7) is 9.48. The van der Waals surface area contributed by atoms with Crippen molar-refractivity contribution in [1.29, 1.82) is 0 Å². The summed E-state index contributed by atoms with van der Waals surface area (Å²) in [5.74, 6) is 0. The van der Waals surface area contributed by atoms with Crippen molar-refractivity contribution < 1.29 is 0 Å². The van der Waals surface area contributed by atoms with E-state index in [9.17, 15) is 0 Å². The maximum absolute atomic E-state index is 2.54. The number of benzene rings is 12. The van der Waals surface area contributed by atoms with Crippen LogP contribution in [-0.4, -0.2) is 9.13 Å². The second-order valence-corrected chi connectivity index (χ2v) is 28.8. The Labute approximate surface area is 536 Å². The van der Waals surface area contributed by atoms with Gasteiger partial charge < -0.3 is 9.13 Å². The molecule has 0 atom stereocenters. The molecule has 20 rings (SSSR count). The SMILES string of the molecule is CC1(C)c2ccccc2-c2ccc(-n3c4ccccc4c4cc(-c5ccc(-c6ccc7c(c6)C6(c8ccccc8-c8ccccc86)c6cc(-c8ccc(-c9ccc%10c(c9)c9ccccc9n%10-c9ccc%10c(c9)C(C)(C)c9ccccc9-%10)s8)ccc6-7)s5)ccc43)cc21. The van der Waals surface area contributed by atoms with E-state index >= 15 is 0 Å². The Bertz CT molecular complexity index is 5510. The maximum atomic E-state index is 2.54. The van der Waals surface area contributed by atoms with Crippen LogP contribution in [0, 0.1) is 0 Å². The Morgan fingerprint density at radius 3 is 0.967 bits per heavy atom. The van der Waals surface area contributed by atoms with Gasteiger partial charge in [0.2, 0.25) is 0 Å². The lowest BCUT2D eigenvalue weighted by molar-refractivity contribution is 0.660. The lowest BCUT2D eigenvalue weighted by atomic mass is 9.70. The molecule has 4 heteroatoms. The molecular weight excluding hydrogens is 1140 g/mol. The summed E-state index contributed by atoms with van der Waals surface area (Å²) in [4.78, 5) is 5.05. The smallest absolute Gasteiger partial charge is 0.0725 e. The van der Waals surface area contributed by atoms with E-state index < -0.39 is 5.41 Å². The first-order chi connectivity index (χ1) is 44.6. The number of hydrogen-bond acceptors (Lipinski definition) is 2. The number of aromatic nitrogens is 2. The van der Waals surface area contributed by atoms with E-state index in [0.717, 1.165) is 0 Å². The number of para-hydroxylation sites is 2. The minimum atomic E-state index is -0.500. The van der Waals surface area contributed by atoms with Gasteiger partial charge in [0.15, 0.2) is 0 Å². The standard InChI is InChI=1S/C87H58N2S2/c1-85(2)69-23-11-5-17-57(69)61-37-33-55(49-73(61)85)88-77-27-15-9-21-65(77)67-45-51(31-39-79(67)88)81-41-43-83(90-81)53-29-35-63-64-36-30-54(48-76(64)87(75(63)47-53)71-25-13-7-19-59(71)60-20-8-14-26-72(60)87)84-44-42-82(91-84)52-32-40-80-68(46-52)66-22-10-16-28-78(66)89(80)56-34-38-62-58-18-6-12-24-70(58)86(3,4)74(62)50-56/h5-50H,1-4H3. The predicted molar refractivity (Wildman–Crippen MR) is 384 cm³/mol. The first-order valence-corrected chi connectivity index (χ1v) is 33.5. The van der Waals surface area contributed by atoms with Crippen LogP contribution in [0.1, 0.15) is 72.2 Å². The molecule has 0 aliphatic heterocycles. The summed E-state index contributed by atoms with van der Waals surface area (Å²) < 4.78 is 4.95. The number of thiophene rings is 2. The van der Waals surface area contributed by atoms with Crippen molar-refractivity contribution in [3.05, 3.63) is 324 Å². The van der Waals surface area contributed by atoms with Crippen molar-refractivity contribution in [3.63, 3.8) is 0 Å². The van der Waals surface area contributed by atoms with E-state index in [0.29, 0.717) is 0 Å². The molecule has 2 nitrogen and oxygen atoms in total. The Kier molecular flexibility index (Phi) is 10.4. The molecule has 4 heterocycles. The van der Waals surface area contributed by atoms with Crippen molar-refractivity contribution in [2.45, 2.75) is 43.9 Å². The van der Waals surface area contributed by atoms with Crippen LogP contribution >= 0.6 is 22.7 Å². The second-order valence-electron chi connectivity index (χ2n) is 26.7. The first kappa shape index (κ1) is 51.5. The molecule has 0 radical (unpaired) electrons. The van der Waals surface area contributed by atoms with Crippen molar-refractivity contribution in [1.82, 2.24) is 9.13 Å². The van der Waals surface area contributed by atoms with Gasteiger partial charge in [0, 0.05) is 63.3 Å². The maximum Gasteiger partial charge on any atom is 0.0725 e. The van der Waals surface area contributed by atoms with Gasteiger partial charge in [-0.15, -0.1) is 22.7 Å². The summed E-state index contributed by atoms with van der Waals surface area (Å²) >= 11 is 3.78. The normalized spacial score (nSPS) is 14.6. The predicted octanol–water partition coefficient (Wildman–Crippen LogP) is 23.6. The van der Waals surface area contributed by atoms with Gasteiger partial charge in [0.25, 0.3) is 0 Å². The fourth-order valence-electron chi connectivity index (χ4n) is 17.2. The van der Waals surface area contributed by atoms with Crippen molar-refractivity contribution >= 4 is 66.3 Å². The fraction of sp³-hybridized carbons (Fsp3) is 0.0805. The van der Waals surface area contributed by atoms with E-state index in [1.165, 1.54) is 186 Å². The molecule has 0 bridgehead atoms. The highest BCUT2D eigenvalue weighted by molar-refractivity contribution is 7.19. The molecule has 428 valence electrons. The van der Waals surface area contributed by atoms with Crippen molar-refractivity contribution in [3.8, 4) is 97.6 Å². The molecule has 0 saturated heterocycles. The van der Waals surface area contributed by atoms with Crippen LogP contribution in [0.2, 0.25) is 0 Å². The third-order valence-electron chi connectivity index (χ3n) is 21.4. The number of hydrogen-bond donors (Lipinski definition) is 0. The second kappa shape index (κ2) is 18.4. The van der Waals surface area contributed by atoms with Crippen LogP contribution in [0.5, 0.6) is 0 Å². The Morgan fingerprint density at radius 1 is 0.231 bits per heavy atom. The van der Waals surface area contributed by atoms with E-state index in [2.05, 4.69) is 316 Å². The third kappa shape index (κ3) is 6.91. The van der Waals surface area contributed by atoms with Gasteiger partial charge in [0.1, 0.15) is 0 Å². The van der Waals surface area contributed by atoms with Crippen LogP contribution in [-0.2, 0) is 16.2 Å².